The number of aryl methyl sites for hydroxylation is 2. The van der Waals surface area contributed by atoms with Crippen LogP contribution in [0, 0.1) is 20.8 Å². The van der Waals surface area contributed by atoms with Crippen LogP contribution in [0.25, 0.3) is 5.69 Å². The molecule has 0 unspecified atom stereocenters. The van der Waals surface area contributed by atoms with Crippen molar-refractivity contribution in [2.24, 2.45) is 0 Å². The maximum absolute atomic E-state index is 12.7. The first-order chi connectivity index (χ1) is 14.2. The highest BCUT2D eigenvalue weighted by atomic mass is 16.2. The Morgan fingerprint density at radius 1 is 1.03 bits per heavy atom. The minimum atomic E-state index is -0.0362. The van der Waals surface area contributed by atoms with Gasteiger partial charge in [-0.25, -0.2) is 4.68 Å². The molecule has 1 N–H and O–H groups in total. The van der Waals surface area contributed by atoms with Gasteiger partial charge >= 0.3 is 0 Å². The zero-order chi connectivity index (χ0) is 21.8. The summed E-state index contributed by atoms with van der Waals surface area (Å²) in [6.45, 7) is 11.4. The van der Waals surface area contributed by atoms with Crippen LogP contribution in [0.2, 0.25) is 0 Å². The van der Waals surface area contributed by atoms with E-state index in [2.05, 4.69) is 67.6 Å². The van der Waals surface area contributed by atoms with E-state index in [1.54, 1.807) is 0 Å². The van der Waals surface area contributed by atoms with Crippen molar-refractivity contribution < 1.29 is 4.79 Å². The molecule has 0 atom stereocenters. The molecule has 0 saturated carbocycles. The van der Waals surface area contributed by atoms with Crippen molar-refractivity contribution in [3.63, 3.8) is 0 Å². The highest BCUT2D eigenvalue weighted by molar-refractivity contribution is 5.93. The summed E-state index contributed by atoms with van der Waals surface area (Å²) in [6.07, 6.45) is 0. The zero-order valence-corrected chi connectivity index (χ0v) is 18.9. The Morgan fingerprint density at radius 3 is 2.27 bits per heavy atom. The average molecular weight is 405 g/mol. The SMILES string of the molecule is Cc1ccc(-n2nc(C)c(NC(=O)CN(C)Cc3ccc(C(C)C)cc3)c2C)cc1. The van der Waals surface area contributed by atoms with Crippen LogP contribution in [0.3, 0.4) is 0 Å². The summed E-state index contributed by atoms with van der Waals surface area (Å²) >= 11 is 0. The number of aromatic nitrogens is 2. The molecule has 30 heavy (non-hydrogen) atoms. The fraction of sp³-hybridized carbons (Fsp3) is 0.360. The first kappa shape index (κ1) is 21.8. The molecule has 0 saturated heterocycles. The standard InChI is InChI=1S/C25H32N4O/c1-17(2)22-11-9-21(10-12-22)15-28(6)16-24(30)26-25-19(4)27-29(20(25)5)23-13-7-18(3)8-14-23/h7-14,17H,15-16H2,1-6H3,(H,26,30). The van der Waals surface area contributed by atoms with Crippen LogP contribution in [0.1, 0.15) is 47.8 Å². The number of amides is 1. The number of nitrogens with zero attached hydrogens (tertiary/aromatic N) is 3. The van der Waals surface area contributed by atoms with Crippen molar-refractivity contribution in [1.29, 1.82) is 0 Å². The predicted octanol–water partition coefficient (Wildman–Crippen LogP) is 4.99. The van der Waals surface area contributed by atoms with Crippen LogP contribution >= 0.6 is 0 Å². The summed E-state index contributed by atoms with van der Waals surface area (Å²) in [5.74, 6) is 0.487. The minimum absolute atomic E-state index is 0.0362. The number of nitrogens with one attached hydrogen (secondary N) is 1. The lowest BCUT2D eigenvalue weighted by molar-refractivity contribution is -0.117. The van der Waals surface area contributed by atoms with Crippen LogP contribution in [-0.4, -0.2) is 34.2 Å². The number of hydrogen-bond donors (Lipinski definition) is 1. The molecule has 0 aliphatic rings. The van der Waals surface area contributed by atoms with Crippen molar-refractivity contribution in [2.45, 2.75) is 47.1 Å². The lowest BCUT2D eigenvalue weighted by Gasteiger charge is -2.17. The van der Waals surface area contributed by atoms with Gasteiger partial charge < -0.3 is 5.32 Å². The summed E-state index contributed by atoms with van der Waals surface area (Å²) in [5.41, 5.74) is 7.25. The molecule has 0 radical (unpaired) electrons. The van der Waals surface area contributed by atoms with Gasteiger partial charge in [0.15, 0.2) is 0 Å². The molecule has 1 aromatic heterocycles. The van der Waals surface area contributed by atoms with Gasteiger partial charge in [0, 0.05) is 6.54 Å². The molecular formula is C25H32N4O. The average Bonchev–Trinajstić information content (AvgIpc) is 2.97. The number of hydrogen-bond acceptors (Lipinski definition) is 3. The summed E-state index contributed by atoms with van der Waals surface area (Å²) in [5, 5.41) is 7.68. The normalized spacial score (nSPS) is 11.3. The Morgan fingerprint density at radius 2 is 1.67 bits per heavy atom. The van der Waals surface area contributed by atoms with Crippen LogP contribution in [0.15, 0.2) is 48.5 Å². The molecule has 0 fully saturated rings. The summed E-state index contributed by atoms with van der Waals surface area (Å²) in [7, 11) is 1.96. The van der Waals surface area contributed by atoms with Gasteiger partial charge in [0.2, 0.25) is 5.91 Å². The third-order valence-electron chi connectivity index (χ3n) is 5.35. The van der Waals surface area contributed by atoms with E-state index in [1.165, 1.54) is 16.7 Å². The Kier molecular flexibility index (Phi) is 6.73. The maximum atomic E-state index is 12.7. The van der Waals surface area contributed by atoms with E-state index in [4.69, 9.17) is 0 Å². The van der Waals surface area contributed by atoms with Gasteiger partial charge in [-0.15, -0.1) is 0 Å². The van der Waals surface area contributed by atoms with E-state index in [0.717, 1.165) is 29.3 Å². The summed E-state index contributed by atoms with van der Waals surface area (Å²) in [6, 6.07) is 16.8. The molecule has 0 aliphatic carbocycles. The van der Waals surface area contributed by atoms with Crippen LogP contribution in [0.4, 0.5) is 5.69 Å². The van der Waals surface area contributed by atoms with Crippen molar-refractivity contribution in [3.8, 4) is 5.69 Å². The Hall–Kier alpha value is -2.92. The highest BCUT2D eigenvalue weighted by Crippen LogP contribution is 2.23. The molecule has 0 bridgehead atoms. The van der Waals surface area contributed by atoms with Gasteiger partial charge in [-0.05, 0) is 57.0 Å². The summed E-state index contributed by atoms with van der Waals surface area (Å²) in [4.78, 5) is 14.7. The third-order valence-corrected chi connectivity index (χ3v) is 5.35. The lowest BCUT2D eigenvalue weighted by Crippen LogP contribution is -2.30. The Bertz CT molecular complexity index is 1000. The third kappa shape index (κ3) is 5.16. The Balaban J connectivity index is 1.63. The number of anilines is 1. The zero-order valence-electron chi connectivity index (χ0n) is 18.9. The number of benzene rings is 2. The molecule has 1 heterocycles. The smallest absolute Gasteiger partial charge is 0.238 e. The first-order valence-corrected chi connectivity index (χ1v) is 10.4. The number of likely N-dealkylation sites (N-methyl/N-ethyl adjacent to an activating group) is 1. The van der Waals surface area contributed by atoms with Gasteiger partial charge in [0.25, 0.3) is 0 Å². The number of carbonyl (C=O) groups is 1. The Labute approximate surface area is 179 Å². The van der Waals surface area contributed by atoms with E-state index in [0.29, 0.717) is 12.5 Å². The maximum Gasteiger partial charge on any atom is 0.238 e. The topological polar surface area (TPSA) is 50.2 Å². The quantitative estimate of drug-likeness (QED) is 0.603. The van der Waals surface area contributed by atoms with Gasteiger partial charge in [-0.3, -0.25) is 9.69 Å². The van der Waals surface area contributed by atoms with Crippen LogP contribution in [-0.2, 0) is 11.3 Å². The van der Waals surface area contributed by atoms with Crippen molar-refractivity contribution in [1.82, 2.24) is 14.7 Å². The largest absolute Gasteiger partial charge is 0.322 e. The lowest BCUT2D eigenvalue weighted by atomic mass is 10.0. The van der Waals surface area contributed by atoms with Crippen molar-refractivity contribution >= 4 is 11.6 Å². The second-order valence-corrected chi connectivity index (χ2v) is 8.41. The molecule has 158 valence electrons. The van der Waals surface area contributed by atoms with Crippen molar-refractivity contribution in [3.05, 3.63) is 76.6 Å². The van der Waals surface area contributed by atoms with E-state index in [-0.39, 0.29) is 5.91 Å². The van der Waals surface area contributed by atoms with Gasteiger partial charge in [0.05, 0.1) is 29.3 Å². The van der Waals surface area contributed by atoms with E-state index < -0.39 is 0 Å². The molecule has 2 aromatic carbocycles. The molecule has 0 spiro atoms. The highest BCUT2D eigenvalue weighted by Gasteiger charge is 2.16. The molecule has 5 nitrogen and oxygen atoms in total. The van der Waals surface area contributed by atoms with E-state index in [1.807, 2.05) is 42.6 Å². The summed E-state index contributed by atoms with van der Waals surface area (Å²) < 4.78 is 1.88. The van der Waals surface area contributed by atoms with Gasteiger partial charge in [-0.2, -0.15) is 5.10 Å². The molecule has 5 heteroatoms. The fourth-order valence-electron chi connectivity index (χ4n) is 3.56. The molecular weight excluding hydrogens is 372 g/mol. The fourth-order valence-corrected chi connectivity index (χ4v) is 3.56. The van der Waals surface area contributed by atoms with Gasteiger partial charge in [0.1, 0.15) is 0 Å². The van der Waals surface area contributed by atoms with Crippen LogP contribution in [0.5, 0.6) is 0 Å². The molecule has 1 amide bonds. The minimum Gasteiger partial charge on any atom is -0.322 e. The second-order valence-electron chi connectivity index (χ2n) is 8.41. The monoisotopic (exact) mass is 404 g/mol. The van der Waals surface area contributed by atoms with E-state index >= 15 is 0 Å². The van der Waals surface area contributed by atoms with Crippen molar-refractivity contribution in [2.75, 3.05) is 18.9 Å². The molecule has 0 aliphatic heterocycles. The van der Waals surface area contributed by atoms with E-state index in [9.17, 15) is 4.79 Å². The number of rotatable bonds is 7. The number of carbonyl (C=O) groups excluding carboxylic acids is 1. The van der Waals surface area contributed by atoms with Gasteiger partial charge in [-0.1, -0.05) is 55.8 Å². The second kappa shape index (κ2) is 9.26. The molecule has 3 aromatic rings. The predicted molar refractivity (Wildman–Crippen MR) is 123 cm³/mol. The first-order valence-electron chi connectivity index (χ1n) is 10.4. The molecule has 3 rings (SSSR count). The van der Waals surface area contributed by atoms with Crippen LogP contribution < -0.4 is 5.32 Å².